The van der Waals surface area contributed by atoms with Crippen LogP contribution in [-0.4, -0.2) is 34.6 Å². The molecule has 1 amide bonds. The van der Waals surface area contributed by atoms with Crippen LogP contribution in [0.3, 0.4) is 0 Å². The molecule has 128 valence electrons. The Bertz CT molecular complexity index is 694. The van der Waals surface area contributed by atoms with Gasteiger partial charge in [0.2, 0.25) is 17.6 Å². The van der Waals surface area contributed by atoms with Crippen molar-refractivity contribution in [3.8, 4) is 17.1 Å². The normalized spacial score (nSPS) is 18.0. The lowest BCUT2D eigenvalue weighted by Crippen LogP contribution is -2.40. The van der Waals surface area contributed by atoms with Gasteiger partial charge in [0.1, 0.15) is 11.8 Å². The van der Waals surface area contributed by atoms with Gasteiger partial charge in [-0.2, -0.15) is 4.98 Å². The number of aromatic nitrogens is 2. The molecule has 1 aliphatic heterocycles. The van der Waals surface area contributed by atoms with E-state index in [0.29, 0.717) is 11.7 Å². The van der Waals surface area contributed by atoms with Gasteiger partial charge in [0, 0.05) is 18.0 Å². The van der Waals surface area contributed by atoms with Gasteiger partial charge in [-0.25, -0.2) is 0 Å². The van der Waals surface area contributed by atoms with E-state index in [2.05, 4.69) is 10.1 Å². The number of amides is 1. The van der Waals surface area contributed by atoms with Gasteiger partial charge >= 0.3 is 0 Å². The zero-order chi connectivity index (χ0) is 17.1. The zero-order valence-electron chi connectivity index (χ0n) is 14.4. The largest absolute Gasteiger partial charge is 0.497 e. The number of ether oxygens (including phenoxy) is 1. The fourth-order valence-corrected chi connectivity index (χ4v) is 3.01. The maximum absolute atomic E-state index is 12.5. The number of carbonyl (C=O) groups excluding carboxylic acids is 1. The second-order valence-corrected chi connectivity index (χ2v) is 6.38. The number of hydrogen-bond acceptors (Lipinski definition) is 5. The van der Waals surface area contributed by atoms with Crippen LogP contribution in [0.2, 0.25) is 0 Å². The van der Waals surface area contributed by atoms with E-state index < -0.39 is 0 Å². The van der Waals surface area contributed by atoms with Crippen LogP contribution in [0.15, 0.2) is 28.8 Å². The maximum atomic E-state index is 12.5. The number of hydrogen-bond donors (Lipinski definition) is 0. The molecule has 2 heterocycles. The smallest absolute Gasteiger partial charge is 0.249 e. The molecule has 1 aromatic heterocycles. The second kappa shape index (κ2) is 7.03. The van der Waals surface area contributed by atoms with Crippen LogP contribution in [0, 0.1) is 5.92 Å². The van der Waals surface area contributed by atoms with E-state index in [1.807, 2.05) is 43.0 Å². The van der Waals surface area contributed by atoms with Crippen molar-refractivity contribution in [2.45, 2.75) is 39.2 Å². The van der Waals surface area contributed by atoms with Crippen LogP contribution < -0.4 is 4.74 Å². The summed E-state index contributed by atoms with van der Waals surface area (Å²) in [6.07, 6.45) is 2.95. The number of nitrogens with zero attached hydrogens (tertiary/aromatic N) is 3. The minimum Gasteiger partial charge on any atom is -0.497 e. The molecule has 6 heteroatoms. The fourth-order valence-electron chi connectivity index (χ4n) is 3.01. The average Bonchev–Trinajstić information content (AvgIpc) is 3.11. The molecule has 0 saturated carbocycles. The molecule has 1 fully saturated rings. The minimum absolute atomic E-state index is 0.0328. The first-order chi connectivity index (χ1) is 11.6. The lowest BCUT2D eigenvalue weighted by Gasteiger charge is -2.34. The lowest BCUT2D eigenvalue weighted by molar-refractivity contribution is -0.139. The molecule has 0 N–H and O–H groups in total. The van der Waals surface area contributed by atoms with Crippen molar-refractivity contribution in [1.29, 1.82) is 0 Å². The summed E-state index contributed by atoms with van der Waals surface area (Å²) in [5, 5.41) is 4.09. The van der Waals surface area contributed by atoms with E-state index in [4.69, 9.17) is 9.26 Å². The fraction of sp³-hybridized carbons (Fsp3) is 0.500. The Kier molecular flexibility index (Phi) is 4.83. The number of likely N-dealkylation sites (tertiary alicyclic amines) is 1. The SMILES string of the molecule is COc1ccc(-c2noc([C@@H]3CCCCN3C(=O)C(C)C)n2)cc1. The molecule has 1 saturated heterocycles. The predicted molar refractivity (Wildman–Crippen MR) is 89.4 cm³/mol. The van der Waals surface area contributed by atoms with Gasteiger partial charge in [-0.05, 0) is 43.5 Å². The van der Waals surface area contributed by atoms with E-state index >= 15 is 0 Å². The number of methoxy groups -OCH3 is 1. The topological polar surface area (TPSA) is 68.5 Å². The molecule has 6 nitrogen and oxygen atoms in total. The van der Waals surface area contributed by atoms with E-state index in [9.17, 15) is 4.79 Å². The van der Waals surface area contributed by atoms with E-state index in [1.165, 1.54) is 0 Å². The van der Waals surface area contributed by atoms with Crippen molar-refractivity contribution in [3.63, 3.8) is 0 Å². The molecular weight excluding hydrogens is 306 g/mol. The molecule has 1 atom stereocenters. The van der Waals surface area contributed by atoms with Crippen LogP contribution in [0.4, 0.5) is 0 Å². The van der Waals surface area contributed by atoms with Gasteiger partial charge in [-0.15, -0.1) is 0 Å². The highest BCUT2D eigenvalue weighted by molar-refractivity contribution is 5.78. The van der Waals surface area contributed by atoms with Gasteiger partial charge in [-0.1, -0.05) is 19.0 Å². The van der Waals surface area contributed by atoms with Crippen LogP contribution in [-0.2, 0) is 4.79 Å². The first-order valence-corrected chi connectivity index (χ1v) is 8.38. The van der Waals surface area contributed by atoms with Crippen LogP contribution in [0.5, 0.6) is 5.75 Å². The number of rotatable bonds is 4. The zero-order valence-corrected chi connectivity index (χ0v) is 14.4. The van der Waals surface area contributed by atoms with Gasteiger partial charge < -0.3 is 14.2 Å². The highest BCUT2D eigenvalue weighted by atomic mass is 16.5. The summed E-state index contributed by atoms with van der Waals surface area (Å²) in [4.78, 5) is 18.9. The summed E-state index contributed by atoms with van der Waals surface area (Å²) < 4.78 is 10.6. The van der Waals surface area contributed by atoms with E-state index in [0.717, 1.165) is 37.1 Å². The summed E-state index contributed by atoms with van der Waals surface area (Å²) in [5.74, 6) is 1.95. The van der Waals surface area contributed by atoms with Gasteiger partial charge in [-0.3, -0.25) is 4.79 Å². The van der Waals surface area contributed by atoms with E-state index in [-0.39, 0.29) is 17.9 Å². The number of benzene rings is 1. The van der Waals surface area contributed by atoms with Crippen LogP contribution >= 0.6 is 0 Å². The Hall–Kier alpha value is -2.37. The Balaban J connectivity index is 1.83. The molecule has 0 radical (unpaired) electrons. The average molecular weight is 329 g/mol. The molecule has 24 heavy (non-hydrogen) atoms. The summed E-state index contributed by atoms with van der Waals surface area (Å²) in [5.41, 5.74) is 0.864. The summed E-state index contributed by atoms with van der Waals surface area (Å²) in [7, 11) is 1.63. The number of piperidine rings is 1. The maximum Gasteiger partial charge on any atom is 0.249 e. The van der Waals surface area contributed by atoms with Crippen LogP contribution in [0.25, 0.3) is 11.4 Å². The molecule has 0 spiro atoms. The number of carbonyl (C=O) groups is 1. The third-order valence-electron chi connectivity index (χ3n) is 4.35. The Morgan fingerprint density at radius 2 is 2.04 bits per heavy atom. The molecule has 3 rings (SSSR count). The summed E-state index contributed by atoms with van der Waals surface area (Å²) in [6, 6.07) is 7.39. The van der Waals surface area contributed by atoms with Gasteiger partial charge in [0.15, 0.2) is 0 Å². The summed E-state index contributed by atoms with van der Waals surface area (Å²) >= 11 is 0. The first kappa shape index (κ1) is 16.5. The van der Waals surface area contributed by atoms with Crippen molar-refractivity contribution in [2.24, 2.45) is 5.92 Å². The first-order valence-electron chi connectivity index (χ1n) is 8.38. The standard InChI is InChI=1S/C18H23N3O3/c1-12(2)18(22)21-11-5-4-6-15(21)17-19-16(20-24-17)13-7-9-14(23-3)10-8-13/h7-10,12,15H,4-6,11H2,1-3H3/t15-/m0/s1. The molecule has 0 unspecified atom stereocenters. The monoisotopic (exact) mass is 329 g/mol. The van der Waals surface area contributed by atoms with Crippen molar-refractivity contribution in [2.75, 3.05) is 13.7 Å². The van der Waals surface area contributed by atoms with E-state index in [1.54, 1.807) is 7.11 Å². The molecule has 1 aromatic carbocycles. The third kappa shape index (κ3) is 3.27. The second-order valence-electron chi connectivity index (χ2n) is 6.38. The molecular formula is C18H23N3O3. The Morgan fingerprint density at radius 1 is 1.29 bits per heavy atom. The Morgan fingerprint density at radius 3 is 2.71 bits per heavy atom. The highest BCUT2D eigenvalue weighted by Crippen LogP contribution is 2.32. The quantitative estimate of drug-likeness (QED) is 0.859. The lowest BCUT2D eigenvalue weighted by atomic mass is 10.00. The predicted octanol–water partition coefficient (Wildman–Crippen LogP) is 3.45. The van der Waals surface area contributed by atoms with Gasteiger partial charge in [0.05, 0.1) is 7.11 Å². The van der Waals surface area contributed by atoms with Crippen molar-refractivity contribution < 1.29 is 14.1 Å². The third-order valence-corrected chi connectivity index (χ3v) is 4.35. The van der Waals surface area contributed by atoms with Crippen molar-refractivity contribution in [3.05, 3.63) is 30.2 Å². The summed E-state index contributed by atoms with van der Waals surface area (Å²) in [6.45, 7) is 4.59. The van der Waals surface area contributed by atoms with Crippen molar-refractivity contribution in [1.82, 2.24) is 15.0 Å². The minimum atomic E-state index is -0.117. The molecule has 0 bridgehead atoms. The van der Waals surface area contributed by atoms with Crippen LogP contribution in [0.1, 0.15) is 45.0 Å². The van der Waals surface area contributed by atoms with Crippen molar-refractivity contribution >= 4 is 5.91 Å². The molecule has 1 aliphatic rings. The molecule has 0 aliphatic carbocycles. The Labute approximate surface area is 141 Å². The highest BCUT2D eigenvalue weighted by Gasteiger charge is 2.33. The van der Waals surface area contributed by atoms with Gasteiger partial charge in [0.25, 0.3) is 0 Å². The molecule has 2 aromatic rings.